The van der Waals surface area contributed by atoms with Crippen molar-refractivity contribution in [2.24, 2.45) is 0 Å². The van der Waals surface area contributed by atoms with Crippen LogP contribution in [-0.4, -0.2) is 25.3 Å². The van der Waals surface area contributed by atoms with E-state index in [1.165, 1.54) is 51.5 Å². The Kier molecular flexibility index (Phi) is 3.62. The van der Waals surface area contributed by atoms with Crippen LogP contribution in [0.4, 0.5) is 0 Å². The molecule has 2 aliphatic heterocycles. The molecule has 0 amide bonds. The summed E-state index contributed by atoms with van der Waals surface area (Å²) in [6, 6.07) is 0.790. The van der Waals surface area contributed by atoms with Crippen molar-refractivity contribution >= 4 is 0 Å². The standard InChI is InChI=1S/C11H21NO/c1-2-8-12-10(4-1)6-7-11-5-3-9-13-11/h10-12H,1-9H2. The summed E-state index contributed by atoms with van der Waals surface area (Å²) in [5.41, 5.74) is 0. The molecular formula is C11H21NO. The van der Waals surface area contributed by atoms with Crippen LogP contribution in [0.3, 0.4) is 0 Å². The zero-order chi connectivity index (χ0) is 8.93. The Balaban J connectivity index is 1.60. The number of piperidine rings is 1. The summed E-state index contributed by atoms with van der Waals surface area (Å²) in [7, 11) is 0. The fourth-order valence-electron chi connectivity index (χ4n) is 2.43. The Bertz CT molecular complexity index is 137. The van der Waals surface area contributed by atoms with E-state index in [9.17, 15) is 0 Å². The van der Waals surface area contributed by atoms with Gasteiger partial charge in [-0.2, -0.15) is 0 Å². The summed E-state index contributed by atoms with van der Waals surface area (Å²) in [5.74, 6) is 0. The molecule has 0 spiro atoms. The molecule has 2 heteroatoms. The van der Waals surface area contributed by atoms with E-state index in [-0.39, 0.29) is 0 Å². The van der Waals surface area contributed by atoms with Gasteiger partial charge in [0.15, 0.2) is 0 Å². The third-order valence-corrected chi connectivity index (χ3v) is 3.27. The van der Waals surface area contributed by atoms with Gasteiger partial charge in [0.2, 0.25) is 0 Å². The lowest BCUT2D eigenvalue weighted by Crippen LogP contribution is -2.34. The van der Waals surface area contributed by atoms with Crippen molar-refractivity contribution in [1.29, 1.82) is 0 Å². The zero-order valence-corrected chi connectivity index (χ0v) is 8.43. The number of ether oxygens (including phenoxy) is 1. The molecule has 2 rings (SSSR count). The van der Waals surface area contributed by atoms with Gasteiger partial charge in [-0.25, -0.2) is 0 Å². The molecule has 2 saturated heterocycles. The van der Waals surface area contributed by atoms with Crippen LogP contribution in [0.1, 0.15) is 44.9 Å². The second-order valence-corrected chi connectivity index (χ2v) is 4.36. The predicted octanol–water partition coefficient (Wildman–Crippen LogP) is 2.09. The highest BCUT2D eigenvalue weighted by atomic mass is 16.5. The maximum atomic E-state index is 5.62. The van der Waals surface area contributed by atoms with E-state index in [2.05, 4.69) is 5.32 Å². The third-order valence-electron chi connectivity index (χ3n) is 3.27. The molecule has 76 valence electrons. The highest BCUT2D eigenvalue weighted by Gasteiger charge is 2.18. The molecule has 0 aliphatic carbocycles. The quantitative estimate of drug-likeness (QED) is 0.723. The summed E-state index contributed by atoms with van der Waals surface area (Å²) >= 11 is 0. The molecule has 2 atom stereocenters. The molecule has 0 aromatic carbocycles. The van der Waals surface area contributed by atoms with Crippen molar-refractivity contribution in [2.45, 2.75) is 57.1 Å². The van der Waals surface area contributed by atoms with Crippen molar-refractivity contribution in [1.82, 2.24) is 5.32 Å². The molecule has 0 saturated carbocycles. The highest BCUT2D eigenvalue weighted by molar-refractivity contribution is 4.75. The molecule has 2 heterocycles. The number of rotatable bonds is 3. The molecule has 2 fully saturated rings. The Morgan fingerprint density at radius 2 is 2.08 bits per heavy atom. The summed E-state index contributed by atoms with van der Waals surface area (Å²) in [6.07, 6.45) is 9.94. The first kappa shape index (κ1) is 9.47. The molecular weight excluding hydrogens is 162 g/mol. The van der Waals surface area contributed by atoms with Crippen molar-refractivity contribution in [3.63, 3.8) is 0 Å². The van der Waals surface area contributed by atoms with Gasteiger partial charge in [0.25, 0.3) is 0 Å². The lowest BCUT2D eigenvalue weighted by Gasteiger charge is -2.24. The Morgan fingerprint density at radius 1 is 1.08 bits per heavy atom. The molecule has 0 bridgehead atoms. The van der Waals surface area contributed by atoms with E-state index in [4.69, 9.17) is 4.74 Å². The number of hydrogen-bond acceptors (Lipinski definition) is 2. The minimum absolute atomic E-state index is 0.587. The van der Waals surface area contributed by atoms with Crippen LogP contribution in [0.5, 0.6) is 0 Å². The fourth-order valence-corrected chi connectivity index (χ4v) is 2.43. The normalized spacial score (nSPS) is 35.1. The summed E-state index contributed by atoms with van der Waals surface area (Å²) in [5, 5.41) is 3.59. The van der Waals surface area contributed by atoms with Gasteiger partial charge in [0, 0.05) is 12.6 Å². The molecule has 2 aliphatic rings. The smallest absolute Gasteiger partial charge is 0.0576 e. The lowest BCUT2D eigenvalue weighted by atomic mass is 9.98. The van der Waals surface area contributed by atoms with Crippen molar-refractivity contribution in [2.75, 3.05) is 13.2 Å². The van der Waals surface area contributed by atoms with E-state index in [0.29, 0.717) is 6.10 Å². The van der Waals surface area contributed by atoms with Gasteiger partial charge in [-0.3, -0.25) is 0 Å². The van der Waals surface area contributed by atoms with E-state index in [0.717, 1.165) is 12.6 Å². The van der Waals surface area contributed by atoms with E-state index >= 15 is 0 Å². The zero-order valence-electron chi connectivity index (χ0n) is 8.43. The van der Waals surface area contributed by atoms with Crippen LogP contribution < -0.4 is 5.32 Å². The van der Waals surface area contributed by atoms with E-state index in [1.54, 1.807) is 0 Å². The Hall–Kier alpha value is -0.0800. The first-order valence-corrected chi connectivity index (χ1v) is 5.80. The SMILES string of the molecule is C1CCC(CCC2CCCO2)NC1. The summed E-state index contributed by atoms with van der Waals surface area (Å²) in [4.78, 5) is 0. The maximum absolute atomic E-state index is 5.62. The lowest BCUT2D eigenvalue weighted by molar-refractivity contribution is 0.0985. The summed E-state index contributed by atoms with van der Waals surface area (Å²) in [6.45, 7) is 2.24. The Labute approximate surface area is 81.0 Å². The van der Waals surface area contributed by atoms with Crippen molar-refractivity contribution in [3.05, 3.63) is 0 Å². The van der Waals surface area contributed by atoms with E-state index < -0.39 is 0 Å². The molecule has 2 unspecified atom stereocenters. The van der Waals surface area contributed by atoms with Crippen molar-refractivity contribution < 1.29 is 4.74 Å². The molecule has 1 N–H and O–H groups in total. The fraction of sp³-hybridized carbons (Fsp3) is 1.00. The van der Waals surface area contributed by atoms with Gasteiger partial charge in [-0.1, -0.05) is 6.42 Å². The van der Waals surface area contributed by atoms with Gasteiger partial charge in [-0.05, 0) is 45.1 Å². The first-order chi connectivity index (χ1) is 6.45. The van der Waals surface area contributed by atoms with Crippen LogP contribution in [-0.2, 0) is 4.74 Å². The number of hydrogen-bond donors (Lipinski definition) is 1. The average molecular weight is 183 g/mol. The van der Waals surface area contributed by atoms with Gasteiger partial charge >= 0.3 is 0 Å². The summed E-state index contributed by atoms with van der Waals surface area (Å²) < 4.78 is 5.62. The first-order valence-electron chi connectivity index (χ1n) is 5.80. The van der Waals surface area contributed by atoms with Gasteiger partial charge in [-0.15, -0.1) is 0 Å². The Morgan fingerprint density at radius 3 is 2.77 bits per heavy atom. The minimum Gasteiger partial charge on any atom is -0.378 e. The van der Waals surface area contributed by atoms with Gasteiger partial charge in [0.1, 0.15) is 0 Å². The molecule has 13 heavy (non-hydrogen) atoms. The second kappa shape index (κ2) is 4.97. The van der Waals surface area contributed by atoms with Crippen LogP contribution in [0.25, 0.3) is 0 Å². The molecule has 2 nitrogen and oxygen atoms in total. The molecule has 0 radical (unpaired) electrons. The maximum Gasteiger partial charge on any atom is 0.0576 e. The monoisotopic (exact) mass is 183 g/mol. The van der Waals surface area contributed by atoms with Gasteiger partial charge in [0.05, 0.1) is 6.10 Å². The predicted molar refractivity (Wildman–Crippen MR) is 53.8 cm³/mol. The average Bonchev–Trinajstić information content (AvgIpc) is 2.69. The van der Waals surface area contributed by atoms with Crippen LogP contribution >= 0.6 is 0 Å². The minimum atomic E-state index is 0.587. The van der Waals surface area contributed by atoms with Crippen molar-refractivity contribution in [3.8, 4) is 0 Å². The molecule has 0 aromatic heterocycles. The van der Waals surface area contributed by atoms with E-state index in [1.807, 2.05) is 0 Å². The largest absolute Gasteiger partial charge is 0.378 e. The van der Waals surface area contributed by atoms with Crippen LogP contribution in [0, 0.1) is 0 Å². The second-order valence-electron chi connectivity index (χ2n) is 4.36. The highest BCUT2D eigenvalue weighted by Crippen LogP contribution is 2.20. The van der Waals surface area contributed by atoms with Gasteiger partial charge < -0.3 is 10.1 Å². The number of nitrogens with one attached hydrogen (secondary N) is 1. The molecule has 0 aromatic rings. The topological polar surface area (TPSA) is 21.3 Å². The third kappa shape index (κ3) is 2.96. The van der Waals surface area contributed by atoms with Crippen LogP contribution in [0.2, 0.25) is 0 Å². The van der Waals surface area contributed by atoms with Crippen LogP contribution in [0.15, 0.2) is 0 Å².